The number of fused-ring (bicyclic) bond motifs is 1. The minimum absolute atomic E-state index is 0.757. The van der Waals surface area contributed by atoms with Crippen LogP contribution >= 0.6 is 0 Å². The van der Waals surface area contributed by atoms with Crippen LogP contribution in [0.5, 0.6) is 5.75 Å². The van der Waals surface area contributed by atoms with Gasteiger partial charge in [0.25, 0.3) is 0 Å². The fourth-order valence-electron chi connectivity index (χ4n) is 2.12. The van der Waals surface area contributed by atoms with Gasteiger partial charge in [-0.15, -0.1) is 0 Å². The van der Waals surface area contributed by atoms with Crippen LogP contribution in [-0.4, -0.2) is 6.29 Å². The number of allylic oxidation sites excluding steroid dienone is 3. The lowest BCUT2D eigenvalue weighted by molar-refractivity contribution is -0.104. The van der Waals surface area contributed by atoms with Crippen molar-refractivity contribution in [2.24, 2.45) is 0 Å². The molecule has 3 rings (SSSR count). The Balaban J connectivity index is 2.11. The zero-order valence-electron chi connectivity index (χ0n) is 10.2. The normalized spacial score (nSPS) is 15.4. The summed E-state index contributed by atoms with van der Waals surface area (Å²) >= 11 is 0. The van der Waals surface area contributed by atoms with Gasteiger partial charge in [0.1, 0.15) is 17.8 Å². The number of hydrogen-bond acceptors (Lipinski definition) is 2. The van der Waals surface area contributed by atoms with Crippen LogP contribution in [-0.2, 0) is 4.79 Å². The zero-order chi connectivity index (χ0) is 13.1. The van der Waals surface area contributed by atoms with Crippen LogP contribution in [0.4, 0.5) is 0 Å². The molecule has 0 aliphatic carbocycles. The molecule has 0 radical (unpaired) electrons. The Hall–Kier alpha value is -2.61. The van der Waals surface area contributed by atoms with E-state index in [0.29, 0.717) is 0 Å². The van der Waals surface area contributed by atoms with E-state index in [0.717, 1.165) is 34.5 Å². The molecular formula is C17H12O2. The standard InChI is InChI=1S/C17H12O2/c18-11-10-14-12-17(13-6-2-1-3-7-13)19-16-9-5-4-8-15(14)16/h1-12H/b14-10-. The Labute approximate surface area is 111 Å². The van der Waals surface area contributed by atoms with E-state index in [-0.39, 0.29) is 0 Å². The average molecular weight is 248 g/mol. The first kappa shape index (κ1) is 11.5. The maximum absolute atomic E-state index is 10.8. The highest BCUT2D eigenvalue weighted by Crippen LogP contribution is 2.36. The number of para-hydroxylation sites is 1. The first-order valence-corrected chi connectivity index (χ1v) is 6.08. The summed E-state index contributed by atoms with van der Waals surface area (Å²) < 4.78 is 5.90. The van der Waals surface area contributed by atoms with E-state index in [1.165, 1.54) is 0 Å². The molecule has 0 unspecified atom stereocenters. The Morgan fingerprint density at radius 1 is 0.895 bits per heavy atom. The van der Waals surface area contributed by atoms with Crippen LogP contribution in [0.3, 0.4) is 0 Å². The molecule has 2 nitrogen and oxygen atoms in total. The number of hydrogen-bond donors (Lipinski definition) is 0. The Morgan fingerprint density at radius 3 is 2.42 bits per heavy atom. The summed E-state index contributed by atoms with van der Waals surface area (Å²) in [6.45, 7) is 0. The lowest BCUT2D eigenvalue weighted by Gasteiger charge is -2.20. The van der Waals surface area contributed by atoms with Gasteiger partial charge in [-0.05, 0) is 23.8 Å². The number of ether oxygens (including phenoxy) is 1. The number of carbonyl (C=O) groups is 1. The summed E-state index contributed by atoms with van der Waals surface area (Å²) in [6.07, 6.45) is 4.26. The molecule has 0 amide bonds. The van der Waals surface area contributed by atoms with Gasteiger partial charge in [0.2, 0.25) is 0 Å². The van der Waals surface area contributed by atoms with Crippen LogP contribution in [0.25, 0.3) is 11.3 Å². The van der Waals surface area contributed by atoms with Crippen molar-refractivity contribution in [1.82, 2.24) is 0 Å². The van der Waals surface area contributed by atoms with Gasteiger partial charge in [-0.3, -0.25) is 4.79 Å². The van der Waals surface area contributed by atoms with Crippen LogP contribution in [0, 0.1) is 0 Å². The molecule has 0 aromatic heterocycles. The summed E-state index contributed by atoms with van der Waals surface area (Å²) in [7, 11) is 0. The van der Waals surface area contributed by atoms with Gasteiger partial charge in [0.05, 0.1) is 0 Å². The van der Waals surface area contributed by atoms with E-state index in [2.05, 4.69) is 0 Å². The Kier molecular flexibility index (Phi) is 2.99. The van der Waals surface area contributed by atoms with E-state index >= 15 is 0 Å². The largest absolute Gasteiger partial charge is 0.456 e. The van der Waals surface area contributed by atoms with E-state index in [9.17, 15) is 4.79 Å². The quantitative estimate of drug-likeness (QED) is 0.598. The van der Waals surface area contributed by atoms with Crippen molar-refractivity contribution >= 4 is 17.6 Å². The van der Waals surface area contributed by atoms with Gasteiger partial charge in [0.15, 0.2) is 0 Å². The summed E-state index contributed by atoms with van der Waals surface area (Å²) in [5, 5.41) is 0. The van der Waals surface area contributed by atoms with Gasteiger partial charge >= 0.3 is 0 Å². The molecule has 2 aromatic rings. The predicted molar refractivity (Wildman–Crippen MR) is 75.5 cm³/mol. The first-order chi connectivity index (χ1) is 9.38. The number of benzene rings is 2. The molecular weight excluding hydrogens is 236 g/mol. The van der Waals surface area contributed by atoms with Crippen molar-refractivity contribution in [2.45, 2.75) is 0 Å². The molecule has 0 atom stereocenters. The summed E-state index contributed by atoms with van der Waals surface area (Å²) in [6, 6.07) is 17.6. The van der Waals surface area contributed by atoms with Crippen molar-refractivity contribution < 1.29 is 9.53 Å². The van der Waals surface area contributed by atoms with Gasteiger partial charge in [-0.25, -0.2) is 0 Å². The highest BCUT2D eigenvalue weighted by Gasteiger charge is 2.16. The number of rotatable bonds is 2. The van der Waals surface area contributed by atoms with Crippen molar-refractivity contribution in [3.63, 3.8) is 0 Å². The SMILES string of the molecule is O=C/C=C1/C=C(c2ccccc2)Oc2ccccc21. The molecule has 0 spiro atoms. The molecule has 1 heterocycles. The van der Waals surface area contributed by atoms with Crippen molar-refractivity contribution in [1.29, 1.82) is 0 Å². The molecule has 1 aliphatic rings. The van der Waals surface area contributed by atoms with E-state index in [1.54, 1.807) is 6.08 Å². The van der Waals surface area contributed by atoms with Crippen LogP contribution in [0.1, 0.15) is 11.1 Å². The number of carbonyl (C=O) groups excluding carboxylic acids is 1. The minimum atomic E-state index is 0.757. The van der Waals surface area contributed by atoms with Crippen molar-refractivity contribution in [2.75, 3.05) is 0 Å². The fourth-order valence-corrected chi connectivity index (χ4v) is 2.12. The molecule has 0 bridgehead atoms. The van der Waals surface area contributed by atoms with Crippen LogP contribution in [0.15, 0.2) is 66.7 Å². The van der Waals surface area contributed by atoms with E-state index < -0.39 is 0 Å². The summed E-state index contributed by atoms with van der Waals surface area (Å²) in [5.41, 5.74) is 2.80. The second-order valence-electron chi connectivity index (χ2n) is 4.23. The van der Waals surface area contributed by atoms with Gasteiger partial charge in [0, 0.05) is 11.1 Å². The highest BCUT2D eigenvalue weighted by molar-refractivity contribution is 5.94. The first-order valence-electron chi connectivity index (χ1n) is 6.08. The fraction of sp³-hybridized carbons (Fsp3) is 0. The lowest BCUT2D eigenvalue weighted by Crippen LogP contribution is -2.03. The predicted octanol–water partition coefficient (Wildman–Crippen LogP) is 3.70. The second-order valence-corrected chi connectivity index (χ2v) is 4.23. The van der Waals surface area contributed by atoms with Crippen LogP contribution in [0.2, 0.25) is 0 Å². The third-order valence-electron chi connectivity index (χ3n) is 3.01. The van der Waals surface area contributed by atoms with Crippen molar-refractivity contribution in [3.8, 4) is 5.75 Å². The molecule has 92 valence electrons. The van der Waals surface area contributed by atoms with E-state index in [1.807, 2.05) is 60.7 Å². The lowest BCUT2D eigenvalue weighted by atomic mass is 9.99. The Morgan fingerprint density at radius 2 is 1.63 bits per heavy atom. The minimum Gasteiger partial charge on any atom is -0.456 e. The van der Waals surface area contributed by atoms with Gasteiger partial charge < -0.3 is 4.74 Å². The second kappa shape index (κ2) is 4.94. The summed E-state index contributed by atoms with van der Waals surface area (Å²) in [4.78, 5) is 10.8. The molecule has 0 saturated heterocycles. The van der Waals surface area contributed by atoms with Gasteiger partial charge in [-0.1, -0.05) is 48.5 Å². The topological polar surface area (TPSA) is 26.3 Å². The average Bonchev–Trinajstić information content (AvgIpc) is 2.48. The number of aldehydes is 1. The summed E-state index contributed by atoms with van der Waals surface area (Å²) in [5.74, 6) is 1.53. The maximum atomic E-state index is 10.8. The van der Waals surface area contributed by atoms with E-state index in [4.69, 9.17) is 4.74 Å². The molecule has 2 heteroatoms. The Bertz CT molecular complexity index is 667. The highest BCUT2D eigenvalue weighted by atomic mass is 16.5. The molecule has 0 saturated carbocycles. The monoisotopic (exact) mass is 248 g/mol. The molecule has 19 heavy (non-hydrogen) atoms. The third kappa shape index (κ3) is 2.20. The molecule has 1 aliphatic heterocycles. The smallest absolute Gasteiger partial charge is 0.143 e. The van der Waals surface area contributed by atoms with Crippen LogP contribution < -0.4 is 4.74 Å². The maximum Gasteiger partial charge on any atom is 0.143 e. The van der Waals surface area contributed by atoms with Gasteiger partial charge in [-0.2, -0.15) is 0 Å². The molecule has 0 N–H and O–H groups in total. The third-order valence-corrected chi connectivity index (χ3v) is 3.01. The molecule has 0 fully saturated rings. The molecule has 2 aromatic carbocycles. The van der Waals surface area contributed by atoms with Crippen molar-refractivity contribution in [3.05, 3.63) is 77.9 Å². The zero-order valence-corrected chi connectivity index (χ0v) is 10.2.